The molecule has 0 atom stereocenters. The van der Waals surface area contributed by atoms with Crippen LogP contribution in [-0.2, 0) is 9.68 Å². The minimum absolute atomic E-state index is 0.0848. The Bertz CT molecular complexity index is 490. The molecule has 0 fully saturated rings. The van der Waals surface area contributed by atoms with Crippen LogP contribution in [0.25, 0.3) is 0 Å². The second-order valence-corrected chi connectivity index (χ2v) is 7.92. The molecular formula is C18H36N6O2. The van der Waals surface area contributed by atoms with E-state index in [0.29, 0.717) is 0 Å². The highest BCUT2D eigenvalue weighted by Crippen LogP contribution is 2.11. The molecule has 0 saturated carbocycles. The lowest BCUT2D eigenvalue weighted by atomic mass is 9.97. The maximum absolute atomic E-state index is 7.23. The van der Waals surface area contributed by atoms with Crippen molar-refractivity contribution in [3.8, 4) is 0 Å². The number of nitrogens with zero attached hydrogens (tertiary/aromatic N) is 2. The van der Waals surface area contributed by atoms with Gasteiger partial charge in [0.25, 0.3) is 0 Å². The van der Waals surface area contributed by atoms with Gasteiger partial charge in [0.05, 0.1) is 11.4 Å². The molecule has 0 amide bonds. The number of hydrogen-bond donors (Lipinski definition) is 4. The molecule has 8 nitrogen and oxygen atoms in total. The van der Waals surface area contributed by atoms with Gasteiger partial charge in [0.2, 0.25) is 11.8 Å². The van der Waals surface area contributed by atoms with Gasteiger partial charge in [0.15, 0.2) is 0 Å². The van der Waals surface area contributed by atoms with Gasteiger partial charge < -0.3 is 20.3 Å². The topological polar surface area (TPSA) is 115 Å². The van der Waals surface area contributed by atoms with Crippen molar-refractivity contribution in [3.63, 3.8) is 0 Å². The summed E-state index contributed by atoms with van der Waals surface area (Å²) >= 11 is 0. The number of oxime groups is 2. The zero-order valence-corrected chi connectivity index (χ0v) is 17.5. The highest BCUT2D eigenvalue weighted by Gasteiger charge is 2.21. The lowest BCUT2D eigenvalue weighted by Crippen LogP contribution is -2.48. The van der Waals surface area contributed by atoms with Gasteiger partial charge in [-0.05, 0) is 41.5 Å². The van der Waals surface area contributed by atoms with Gasteiger partial charge in [-0.2, -0.15) is 0 Å². The van der Waals surface area contributed by atoms with Gasteiger partial charge in [-0.1, -0.05) is 10.3 Å². The van der Waals surface area contributed by atoms with Gasteiger partial charge in [0, 0.05) is 50.9 Å². The molecule has 4 N–H and O–H groups in total. The average molecular weight is 369 g/mol. The zero-order valence-electron chi connectivity index (χ0n) is 17.5. The summed E-state index contributed by atoms with van der Waals surface area (Å²) in [5.41, 5.74) is 1.45. The number of nitrogens with one attached hydrogen (secondary N) is 4. The van der Waals surface area contributed by atoms with E-state index in [4.69, 9.17) is 20.5 Å². The number of rotatable bonds is 11. The van der Waals surface area contributed by atoms with Crippen molar-refractivity contribution in [1.29, 1.82) is 10.8 Å². The summed E-state index contributed by atoms with van der Waals surface area (Å²) in [4.78, 5) is 9.78. The third kappa shape index (κ3) is 13.5. The van der Waals surface area contributed by atoms with E-state index >= 15 is 0 Å². The van der Waals surface area contributed by atoms with Crippen LogP contribution < -0.4 is 10.6 Å². The second kappa shape index (κ2) is 11.0. The smallest absolute Gasteiger partial charge is 0.214 e. The quantitative estimate of drug-likeness (QED) is 0.194. The van der Waals surface area contributed by atoms with Crippen molar-refractivity contribution in [3.05, 3.63) is 0 Å². The van der Waals surface area contributed by atoms with Crippen LogP contribution in [-0.4, -0.2) is 47.4 Å². The largest absolute Gasteiger partial charge is 0.342 e. The highest BCUT2D eigenvalue weighted by molar-refractivity contribution is 5.83. The van der Waals surface area contributed by atoms with E-state index in [-0.39, 0.29) is 22.9 Å². The maximum atomic E-state index is 7.23. The van der Waals surface area contributed by atoms with Crippen LogP contribution in [0.4, 0.5) is 0 Å². The Kier molecular flexibility index (Phi) is 10.3. The van der Waals surface area contributed by atoms with Crippen molar-refractivity contribution in [1.82, 2.24) is 10.6 Å². The van der Waals surface area contributed by atoms with Crippen molar-refractivity contribution in [2.45, 2.75) is 79.3 Å². The standard InChI is InChI=1S/C18H36N6O2/c1-13(23-25-15(3)19)11-17(5,6)21-9-10-22-18(7,8)12-14(2)24-26-16(4)20/h19-22H,9-12H2,1-8H3/b19-15?,20-16?,23-13+,24-14+. The summed E-state index contributed by atoms with van der Waals surface area (Å²) in [5.74, 6) is 0.170. The predicted octanol–water partition coefficient (Wildman–Crippen LogP) is 3.28. The van der Waals surface area contributed by atoms with Gasteiger partial charge in [-0.3, -0.25) is 10.8 Å². The molecule has 0 bridgehead atoms. The molecule has 0 unspecified atom stereocenters. The van der Waals surface area contributed by atoms with Gasteiger partial charge in [0.1, 0.15) is 0 Å². The first kappa shape index (κ1) is 24.2. The SMILES string of the molecule is CC(=N)O/N=C(\C)CC(C)(C)NCCNC(C)(C)C/C(C)=N/OC(C)=N. The summed E-state index contributed by atoms with van der Waals surface area (Å²) in [6, 6.07) is 0. The van der Waals surface area contributed by atoms with Crippen molar-refractivity contribution in [2.24, 2.45) is 10.3 Å². The Hall–Kier alpha value is -1.80. The van der Waals surface area contributed by atoms with Crippen LogP contribution in [0.15, 0.2) is 10.3 Å². The van der Waals surface area contributed by atoms with Crippen molar-refractivity contribution in [2.75, 3.05) is 13.1 Å². The summed E-state index contributed by atoms with van der Waals surface area (Å²) in [6.45, 7) is 17.0. The lowest BCUT2D eigenvalue weighted by Gasteiger charge is -2.29. The second-order valence-electron chi connectivity index (χ2n) is 7.92. The minimum Gasteiger partial charge on any atom is -0.342 e. The van der Waals surface area contributed by atoms with Crippen LogP contribution in [0.1, 0.15) is 68.2 Å². The normalized spacial score (nSPS) is 13.5. The van der Waals surface area contributed by atoms with Gasteiger partial charge in [-0.25, -0.2) is 0 Å². The first-order valence-corrected chi connectivity index (χ1v) is 8.84. The van der Waals surface area contributed by atoms with Crippen LogP contribution >= 0.6 is 0 Å². The molecule has 0 aliphatic rings. The molecule has 0 rings (SSSR count). The molecule has 26 heavy (non-hydrogen) atoms. The van der Waals surface area contributed by atoms with E-state index in [1.807, 2.05) is 13.8 Å². The van der Waals surface area contributed by atoms with Gasteiger partial charge in [-0.15, -0.1) is 0 Å². The van der Waals surface area contributed by atoms with E-state index < -0.39 is 0 Å². The Morgan fingerprint density at radius 2 is 1.04 bits per heavy atom. The Balaban J connectivity index is 4.29. The zero-order chi connectivity index (χ0) is 20.4. The molecule has 0 aromatic carbocycles. The summed E-state index contributed by atoms with van der Waals surface area (Å²) in [6.07, 6.45) is 1.46. The third-order valence-corrected chi connectivity index (χ3v) is 3.40. The van der Waals surface area contributed by atoms with Crippen molar-refractivity contribution >= 4 is 23.2 Å². The molecule has 150 valence electrons. The fourth-order valence-corrected chi connectivity index (χ4v) is 2.56. The summed E-state index contributed by atoms with van der Waals surface area (Å²) in [7, 11) is 0. The van der Waals surface area contributed by atoms with E-state index in [9.17, 15) is 0 Å². The fraction of sp³-hybridized carbons (Fsp3) is 0.778. The molecule has 0 spiro atoms. The summed E-state index contributed by atoms with van der Waals surface area (Å²) < 4.78 is 0. The van der Waals surface area contributed by atoms with E-state index in [0.717, 1.165) is 37.4 Å². The van der Waals surface area contributed by atoms with E-state index in [1.165, 1.54) is 0 Å². The molecule has 0 heterocycles. The van der Waals surface area contributed by atoms with Gasteiger partial charge >= 0.3 is 0 Å². The Morgan fingerprint density at radius 1 is 0.731 bits per heavy atom. The first-order chi connectivity index (χ1) is 11.8. The molecule has 0 radical (unpaired) electrons. The molecule has 0 aromatic heterocycles. The molecule has 8 heteroatoms. The monoisotopic (exact) mass is 368 g/mol. The average Bonchev–Trinajstić information content (AvgIpc) is 2.47. The molecule has 0 saturated heterocycles. The maximum Gasteiger partial charge on any atom is 0.214 e. The fourth-order valence-electron chi connectivity index (χ4n) is 2.56. The third-order valence-electron chi connectivity index (χ3n) is 3.40. The highest BCUT2D eigenvalue weighted by atomic mass is 16.6. The lowest BCUT2D eigenvalue weighted by molar-refractivity contribution is 0.311. The van der Waals surface area contributed by atoms with Crippen LogP contribution in [0.5, 0.6) is 0 Å². The van der Waals surface area contributed by atoms with Crippen molar-refractivity contribution < 1.29 is 9.68 Å². The molecule has 0 aliphatic carbocycles. The molecule has 0 aromatic rings. The molecular weight excluding hydrogens is 332 g/mol. The first-order valence-electron chi connectivity index (χ1n) is 8.84. The Labute approximate surface area is 157 Å². The predicted molar refractivity (Wildman–Crippen MR) is 109 cm³/mol. The molecule has 0 aliphatic heterocycles. The summed E-state index contributed by atoms with van der Waals surface area (Å²) in [5, 5.41) is 29.3. The number of hydrogen-bond acceptors (Lipinski definition) is 8. The van der Waals surface area contributed by atoms with Crippen LogP contribution in [0, 0.1) is 10.8 Å². The van der Waals surface area contributed by atoms with E-state index in [1.54, 1.807) is 13.8 Å². The minimum atomic E-state index is -0.120. The van der Waals surface area contributed by atoms with E-state index in [2.05, 4.69) is 48.6 Å². The van der Waals surface area contributed by atoms with Crippen LogP contribution in [0.3, 0.4) is 0 Å². The van der Waals surface area contributed by atoms with Crippen LogP contribution in [0.2, 0.25) is 0 Å². The Morgan fingerprint density at radius 3 is 1.31 bits per heavy atom.